The molecule has 1 aromatic heterocycles. The molecule has 1 heterocycles. The third-order valence-electron chi connectivity index (χ3n) is 3.91. The van der Waals surface area contributed by atoms with Gasteiger partial charge in [0.25, 0.3) is 0 Å². The predicted molar refractivity (Wildman–Crippen MR) is 111 cm³/mol. The lowest BCUT2D eigenvalue weighted by molar-refractivity contribution is 1.01. The van der Waals surface area contributed by atoms with Gasteiger partial charge in [-0.1, -0.05) is 53.5 Å². The summed E-state index contributed by atoms with van der Waals surface area (Å²) in [4.78, 5) is 5.70. The average Bonchev–Trinajstić information content (AvgIpc) is 3.08. The largest absolute Gasteiger partial charge is 0.285 e. The van der Waals surface area contributed by atoms with E-state index in [1.807, 2.05) is 66.7 Å². The van der Waals surface area contributed by atoms with Gasteiger partial charge in [0.05, 0.1) is 11.4 Å². The standard InChI is InChI=1S/C21H14Cl2N2S/c22-16-6-10-18(11-7-16)24-21-25(19-12-8-17(23)9-13-19)20(14-26-21)15-4-2-1-3-5-15/h1-14H. The van der Waals surface area contributed by atoms with Crippen LogP contribution in [0.25, 0.3) is 16.9 Å². The van der Waals surface area contributed by atoms with E-state index in [9.17, 15) is 0 Å². The van der Waals surface area contributed by atoms with Gasteiger partial charge in [0, 0.05) is 21.1 Å². The summed E-state index contributed by atoms with van der Waals surface area (Å²) >= 11 is 13.7. The van der Waals surface area contributed by atoms with Crippen molar-refractivity contribution in [2.45, 2.75) is 0 Å². The first-order valence-electron chi connectivity index (χ1n) is 8.03. The van der Waals surface area contributed by atoms with E-state index in [1.54, 1.807) is 11.3 Å². The number of rotatable bonds is 3. The van der Waals surface area contributed by atoms with Gasteiger partial charge in [-0.05, 0) is 54.1 Å². The summed E-state index contributed by atoms with van der Waals surface area (Å²) in [7, 11) is 0. The van der Waals surface area contributed by atoms with Gasteiger partial charge in [-0.25, -0.2) is 4.99 Å². The minimum Gasteiger partial charge on any atom is -0.285 e. The quantitative estimate of drug-likeness (QED) is 0.364. The number of hydrogen-bond donors (Lipinski definition) is 0. The van der Waals surface area contributed by atoms with E-state index in [2.05, 4.69) is 22.1 Å². The van der Waals surface area contributed by atoms with E-state index >= 15 is 0 Å². The summed E-state index contributed by atoms with van der Waals surface area (Å²) < 4.78 is 2.14. The molecule has 0 radical (unpaired) electrons. The first kappa shape index (κ1) is 17.1. The molecular weight excluding hydrogens is 383 g/mol. The van der Waals surface area contributed by atoms with Gasteiger partial charge in [-0.2, -0.15) is 0 Å². The Hall–Kier alpha value is -2.33. The van der Waals surface area contributed by atoms with E-state index in [1.165, 1.54) is 0 Å². The minimum atomic E-state index is 0.700. The maximum absolute atomic E-state index is 6.07. The molecule has 2 nitrogen and oxygen atoms in total. The Labute approximate surface area is 165 Å². The zero-order valence-corrected chi connectivity index (χ0v) is 16.0. The topological polar surface area (TPSA) is 17.3 Å². The van der Waals surface area contributed by atoms with Crippen LogP contribution in [0.1, 0.15) is 0 Å². The lowest BCUT2D eigenvalue weighted by Crippen LogP contribution is -2.13. The van der Waals surface area contributed by atoms with E-state index in [0.717, 1.165) is 27.4 Å². The number of hydrogen-bond acceptors (Lipinski definition) is 2. The third kappa shape index (κ3) is 3.61. The van der Waals surface area contributed by atoms with Crippen LogP contribution >= 0.6 is 34.5 Å². The lowest BCUT2D eigenvalue weighted by Gasteiger charge is -2.09. The maximum atomic E-state index is 6.07. The fourth-order valence-corrected chi connectivity index (χ4v) is 3.84. The van der Waals surface area contributed by atoms with Crippen LogP contribution in [-0.4, -0.2) is 4.57 Å². The van der Waals surface area contributed by atoms with Crippen molar-refractivity contribution >= 4 is 40.2 Å². The summed E-state index contributed by atoms with van der Waals surface area (Å²) in [6.07, 6.45) is 0. The van der Waals surface area contributed by atoms with Crippen molar-refractivity contribution in [1.29, 1.82) is 0 Å². The number of benzene rings is 3. The number of halogens is 2. The van der Waals surface area contributed by atoms with Crippen LogP contribution in [0.5, 0.6) is 0 Å². The molecule has 0 aliphatic rings. The molecule has 0 amide bonds. The molecule has 0 saturated carbocycles. The van der Waals surface area contributed by atoms with Crippen molar-refractivity contribution < 1.29 is 0 Å². The third-order valence-corrected chi connectivity index (χ3v) is 5.24. The second-order valence-electron chi connectivity index (χ2n) is 5.67. The number of thiazole rings is 1. The molecule has 0 bridgehead atoms. The van der Waals surface area contributed by atoms with Gasteiger partial charge in [0.1, 0.15) is 0 Å². The molecule has 0 unspecified atom stereocenters. The van der Waals surface area contributed by atoms with Crippen molar-refractivity contribution in [3.8, 4) is 16.9 Å². The van der Waals surface area contributed by atoms with Gasteiger partial charge in [-0.15, -0.1) is 11.3 Å². The average molecular weight is 397 g/mol. The van der Waals surface area contributed by atoms with Crippen LogP contribution in [0.2, 0.25) is 10.0 Å². The zero-order valence-electron chi connectivity index (χ0n) is 13.6. The zero-order chi connectivity index (χ0) is 17.9. The van der Waals surface area contributed by atoms with Gasteiger partial charge in [0.15, 0.2) is 4.80 Å². The van der Waals surface area contributed by atoms with Gasteiger partial charge in [0.2, 0.25) is 0 Å². The summed E-state index contributed by atoms with van der Waals surface area (Å²) in [5, 5.41) is 3.53. The van der Waals surface area contributed by atoms with Crippen molar-refractivity contribution in [3.05, 3.63) is 99.1 Å². The summed E-state index contributed by atoms with van der Waals surface area (Å²) in [6, 6.07) is 25.6. The van der Waals surface area contributed by atoms with Crippen LogP contribution in [-0.2, 0) is 0 Å². The Morgan fingerprint density at radius 3 is 2.00 bits per heavy atom. The van der Waals surface area contributed by atoms with Gasteiger partial charge in [-0.3, -0.25) is 4.57 Å². The number of aromatic nitrogens is 1. The molecule has 26 heavy (non-hydrogen) atoms. The normalized spacial score (nSPS) is 11.7. The molecule has 4 rings (SSSR count). The van der Waals surface area contributed by atoms with Gasteiger partial charge >= 0.3 is 0 Å². The molecule has 0 fully saturated rings. The van der Waals surface area contributed by atoms with E-state index in [-0.39, 0.29) is 0 Å². The Bertz CT molecular complexity index is 1080. The maximum Gasteiger partial charge on any atom is 0.195 e. The molecule has 0 N–H and O–H groups in total. The first-order valence-corrected chi connectivity index (χ1v) is 9.66. The van der Waals surface area contributed by atoms with E-state index in [0.29, 0.717) is 10.0 Å². The SMILES string of the molecule is Clc1ccc(N=c2scc(-c3ccccc3)n2-c2ccc(Cl)cc2)cc1. The van der Waals surface area contributed by atoms with Crippen molar-refractivity contribution in [2.24, 2.45) is 4.99 Å². The summed E-state index contributed by atoms with van der Waals surface area (Å²) in [5.74, 6) is 0. The molecule has 0 aliphatic carbocycles. The molecule has 0 atom stereocenters. The highest BCUT2D eigenvalue weighted by Gasteiger charge is 2.10. The second-order valence-corrected chi connectivity index (χ2v) is 7.38. The molecule has 0 aliphatic heterocycles. The smallest absolute Gasteiger partial charge is 0.195 e. The molecule has 5 heteroatoms. The highest BCUT2D eigenvalue weighted by molar-refractivity contribution is 7.07. The Morgan fingerprint density at radius 1 is 0.731 bits per heavy atom. The first-order chi connectivity index (χ1) is 12.7. The van der Waals surface area contributed by atoms with Crippen LogP contribution < -0.4 is 4.80 Å². The van der Waals surface area contributed by atoms with E-state index in [4.69, 9.17) is 28.2 Å². The van der Waals surface area contributed by atoms with E-state index < -0.39 is 0 Å². The summed E-state index contributed by atoms with van der Waals surface area (Å²) in [6.45, 7) is 0. The molecule has 4 aromatic rings. The lowest BCUT2D eigenvalue weighted by atomic mass is 10.1. The second kappa shape index (κ2) is 7.50. The molecule has 0 saturated heterocycles. The van der Waals surface area contributed by atoms with Gasteiger partial charge < -0.3 is 0 Å². The Kier molecular flexibility index (Phi) is 4.93. The minimum absolute atomic E-state index is 0.700. The van der Waals surface area contributed by atoms with Crippen molar-refractivity contribution in [2.75, 3.05) is 0 Å². The number of nitrogens with zero attached hydrogens (tertiary/aromatic N) is 2. The molecule has 0 spiro atoms. The van der Waals surface area contributed by atoms with Crippen LogP contribution in [0.4, 0.5) is 5.69 Å². The molecule has 3 aromatic carbocycles. The predicted octanol–water partition coefficient (Wildman–Crippen LogP) is 6.75. The summed E-state index contributed by atoms with van der Waals surface area (Å²) in [5.41, 5.74) is 4.10. The fourth-order valence-electron chi connectivity index (χ4n) is 2.67. The molecular formula is C21H14Cl2N2S. The van der Waals surface area contributed by atoms with Crippen molar-refractivity contribution in [3.63, 3.8) is 0 Å². The van der Waals surface area contributed by atoms with Crippen LogP contribution in [0.15, 0.2) is 89.2 Å². The fraction of sp³-hybridized carbons (Fsp3) is 0. The Morgan fingerprint density at radius 2 is 1.35 bits per heavy atom. The monoisotopic (exact) mass is 396 g/mol. The molecule has 128 valence electrons. The van der Waals surface area contributed by atoms with Crippen LogP contribution in [0.3, 0.4) is 0 Å². The highest BCUT2D eigenvalue weighted by atomic mass is 35.5. The van der Waals surface area contributed by atoms with Crippen molar-refractivity contribution in [1.82, 2.24) is 4.57 Å². The highest BCUT2D eigenvalue weighted by Crippen LogP contribution is 2.25. The van der Waals surface area contributed by atoms with Crippen LogP contribution in [0, 0.1) is 0 Å². The Balaban J connectivity index is 1.93.